The highest BCUT2D eigenvalue weighted by atomic mass is 32.2. The molecule has 1 amide bonds. The number of hydrogen-bond donors (Lipinski definition) is 1. The molecule has 0 unspecified atom stereocenters. The largest absolute Gasteiger partial charge is 0.481 e. The second-order valence-corrected chi connectivity index (χ2v) is 7.56. The second-order valence-electron chi connectivity index (χ2n) is 5.57. The summed E-state index contributed by atoms with van der Waals surface area (Å²) in [6.07, 6.45) is 1.21. The van der Waals surface area contributed by atoms with E-state index >= 15 is 0 Å². The highest BCUT2D eigenvalue weighted by Crippen LogP contribution is 2.14. The monoisotopic (exact) mass is 359 g/mol. The number of sulfonamides is 1. The molecule has 1 aromatic carbocycles. The van der Waals surface area contributed by atoms with E-state index in [0.717, 1.165) is 0 Å². The summed E-state index contributed by atoms with van der Waals surface area (Å²) in [5, 5.41) is 2.70. The third-order valence-corrected chi connectivity index (χ3v) is 5.05. The van der Waals surface area contributed by atoms with Gasteiger partial charge in [0.25, 0.3) is 5.91 Å². The molecule has 0 saturated carbocycles. The molecule has 0 aromatic heterocycles. The van der Waals surface area contributed by atoms with E-state index in [-0.39, 0.29) is 18.3 Å². The Morgan fingerprint density at radius 2 is 1.92 bits per heavy atom. The molecule has 0 radical (unpaired) electrons. The number of para-hydroxylation sites is 1. The number of nitrogens with one attached hydrogen (secondary N) is 1. The lowest BCUT2D eigenvalue weighted by Crippen LogP contribution is -2.50. The maximum Gasteiger partial charge on any atom is 0.257 e. The summed E-state index contributed by atoms with van der Waals surface area (Å²) in [6, 6.07) is 5.91. The fraction of sp³-hybridized carbons (Fsp3) is 0.533. The molecule has 1 aromatic rings. The molecular weight excluding hydrogens is 337 g/mol. The van der Waals surface area contributed by atoms with Crippen LogP contribution in [0.2, 0.25) is 0 Å². The molecule has 1 aliphatic heterocycles. The van der Waals surface area contributed by atoms with Crippen molar-refractivity contribution in [3.8, 4) is 5.75 Å². The van der Waals surface area contributed by atoms with E-state index in [0.29, 0.717) is 39.3 Å². The quantitative estimate of drug-likeness (QED) is 0.735. The Hall–Kier alpha value is -1.71. The summed E-state index contributed by atoms with van der Waals surface area (Å²) >= 11 is 0. The van der Waals surface area contributed by atoms with Gasteiger partial charge in [0.1, 0.15) is 0 Å². The number of carbonyl (C=O) groups is 1. The SMILES string of the molecule is CS(=O)(=O)N1CCN(CCNC(=O)COc2ccccc2F)CC1. The number of benzene rings is 1. The van der Waals surface area contributed by atoms with Crippen LogP contribution in [0.1, 0.15) is 0 Å². The van der Waals surface area contributed by atoms with Crippen molar-refractivity contribution in [2.24, 2.45) is 0 Å². The van der Waals surface area contributed by atoms with Crippen LogP contribution in [-0.2, 0) is 14.8 Å². The number of nitrogens with zero attached hydrogens (tertiary/aromatic N) is 2. The second kappa shape index (κ2) is 8.41. The first-order valence-electron chi connectivity index (χ1n) is 7.68. The van der Waals surface area contributed by atoms with E-state index in [4.69, 9.17) is 4.74 Å². The Balaban J connectivity index is 1.62. The van der Waals surface area contributed by atoms with Crippen LogP contribution in [0.4, 0.5) is 4.39 Å². The van der Waals surface area contributed by atoms with Crippen LogP contribution >= 0.6 is 0 Å². The summed E-state index contributed by atoms with van der Waals surface area (Å²) < 4.78 is 42.7. The molecule has 0 atom stereocenters. The Kier molecular flexibility index (Phi) is 6.52. The number of carbonyl (C=O) groups excluding carboxylic acids is 1. The third-order valence-electron chi connectivity index (χ3n) is 3.75. The van der Waals surface area contributed by atoms with Crippen molar-refractivity contribution in [2.75, 3.05) is 52.1 Å². The Labute approximate surface area is 141 Å². The van der Waals surface area contributed by atoms with Gasteiger partial charge in [0.15, 0.2) is 18.2 Å². The Morgan fingerprint density at radius 1 is 1.25 bits per heavy atom. The predicted octanol–water partition coefficient (Wildman–Crippen LogP) is -0.102. The van der Waals surface area contributed by atoms with Crippen molar-refractivity contribution in [2.45, 2.75) is 0 Å². The molecule has 7 nitrogen and oxygen atoms in total. The number of amides is 1. The summed E-state index contributed by atoms with van der Waals surface area (Å²) in [6.45, 7) is 3.00. The van der Waals surface area contributed by atoms with Gasteiger partial charge in [0.05, 0.1) is 6.26 Å². The summed E-state index contributed by atoms with van der Waals surface area (Å²) in [5.41, 5.74) is 0. The van der Waals surface area contributed by atoms with Crippen molar-refractivity contribution >= 4 is 15.9 Å². The lowest BCUT2D eigenvalue weighted by molar-refractivity contribution is -0.123. The summed E-state index contributed by atoms with van der Waals surface area (Å²) in [7, 11) is -3.13. The van der Waals surface area contributed by atoms with Gasteiger partial charge < -0.3 is 10.1 Å². The van der Waals surface area contributed by atoms with E-state index in [9.17, 15) is 17.6 Å². The molecular formula is C15H22FN3O4S. The minimum atomic E-state index is -3.13. The zero-order valence-corrected chi connectivity index (χ0v) is 14.4. The fourth-order valence-corrected chi connectivity index (χ4v) is 3.22. The molecule has 1 heterocycles. The van der Waals surface area contributed by atoms with Crippen LogP contribution < -0.4 is 10.1 Å². The van der Waals surface area contributed by atoms with Crippen molar-refractivity contribution in [3.05, 3.63) is 30.1 Å². The van der Waals surface area contributed by atoms with Gasteiger partial charge in [-0.25, -0.2) is 12.8 Å². The molecule has 24 heavy (non-hydrogen) atoms. The molecule has 1 saturated heterocycles. The van der Waals surface area contributed by atoms with Crippen LogP contribution in [0.3, 0.4) is 0 Å². The van der Waals surface area contributed by atoms with E-state index in [1.165, 1.54) is 22.7 Å². The van der Waals surface area contributed by atoms with Gasteiger partial charge in [-0.15, -0.1) is 0 Å². The molecule has 1 N–H and O–H groups in total. The number of halogens is 1. The van der Waals surface area contributed by atoms with E-state index in [1.807, 2.05) is 0 Å². The third kappa shape index (κ3) is 5.73. The molecule has 0 spiro atoms. The summed E-state index contributed by atoms with van der Waals surface area (Å²) in [5.74, 6) is -0.786. The molecule has 0 aliphatic carbocycles. The zero-order valence-electron chi connectivity index (χ0n) is 13.6. The van der Waals surface area contributed by atoms with Crippen LogP contribution in [0.5, 0.6) is 5.75 Å². The fourth-order valence-electron chi connectivity index (χ4n) is 2.39. The maximum absolute atomic E-state index is 13.3. The maximum atomic E-state index is 13.3. The summed E-state index contributed by atoms with van der Waals surface area (Å²) in [4.78, 5) is 13.8. The van der Waals surface area contributed by atoms with E-state index < -0.39 is 15.8 Å². The molecule has 0 bridgehead atoms. The zero-order chi connectivity index (χ0) is 17.6. The van der Waals surface area contributed by atoms with Crippen LogP contribution in [0, 0.1) is 5.82 Å². The first-order chi connectivity index (χ1) is 11.4. The van der Waals surface area contributed by atoms with Crippen molar-refractivity contribution in [1.29, 1.82) is 0 Å². The van der Waals surface area contributed by atoms with Gasteiger partial charge in [-0.05, 0) is 12.1 Å². The van der Waals surface area contributed by atoms with E-state index in [2.05, 4.69) is 10.2 Å². The van der Waals surface area contributed by atoms with Gasteiger partial charge in [0.2, 0.25) is 10.0 Å². The highest BCUT2D eigenvalue weighted by Gasteiger charge is 2.22. The molecule has 1 fully saturated rings. The predicted molar refractivity (Wildman–Crippen MR) is 87.8 cm³/mol. The average Bonchev–Trinajstić information content (AvgIpc) is 2.54. The van der Waals surface area contributed by atoms with Crippen molar-refractivity contribution < 1.29 is 22.3 Å². The number of ether oxygens (including phenoxy) is 1. The van der Waals surface area contributed by atoms with Gasteiger partial charge in [-0.1, -0.05) is 12.1 Å². The van der Waals surface area contributed by atoms with Crippen LogP contribution in [0.25, 0.3) is 0 Å². The minimum absolute atomic E-state index is 0.0459. The van der Waals surface area contributed by atoms with Crippen LogP contribution in [0.15, 0.2) is 24.3 Å². The molecule has 2 rings (SSSR count). The van der Waals surface area contributed by atoms with Gasteiger partial charge in [0, 0.05) is 39.3 Å². The molecule has 9 heteroatoms. The smallest absolute Gasteiger partial charge is 0.257 e. The van der Waals surface area contributed by atoms with Gasteiger partial charge in [-0.3, -0.25) is 9.69 Å². The number of rotatable bonds is 7. The molecule has 1 aliphatic rings. The topological polar surface area (TPSA) is 79.0 Å². The van der Waals surface area contributed by atoms with Crippen molar-refractivity contribution in [1.82, 2.24) is 14.5 Å². The van der Waals surface area contributed by atoms with Gasteiger partial charge >= 0.3 is 0 Å². The minimum Gasteiger partial charge on any atom is -0.481 e. The standard InChI is InChI=1S/C15H22FN3O4S/c1-24(21,22)19-10-8-18(9-11-19)7-6-17-15(20)12-23-14-5-3-2-4-13(14)16/h2-5H,6-12H2,1H3,(H,17,20). The number of hydrogen-bond acceptors (Lipinski definition) is 5. The normalized spacial score (nSPS) is 16.8. The van der Waals surface area contributed by atoms with Crippen LogP contribution in [-0.4, -0.2) is 75.7 Å². The highest BCUT2D eigenvalue weighted by molar-refractivity contribution is 7.88. The first-order valence-corrected chi connectivity index (χ1v) is 9.52. The lowest BCUT2D eigenvalue weighted by atomic mass is 10.3. The Morgan fingerprint density at radius 3 is 2.54 bits per heavy atom. The molecule has 134 valence electrons. The lowest BCUT2D eigenvalue weighted by Gasteiger charge is -2.33. The van der Waals surface area contributed by atoms with E-state index in [1.54, 1.807) is 12.1 Å². The average molecular weight is 359 g/mol. The number of piperazine rings is 1. The van der Waals surface area contributed by atoms with Crippen molar-refractivity contribution in [3.63, 3.8) is 0 Å². The Bertz CT molecular complexity index is 660. The van der Waals surface area contributed by atoms with Gasteiger partial charge in [-0.2, -0.15) is 4.31 Å². The first kappa shape index (κ1) is 18.6.